The molecule has 0 amide bonds. The molecule has 1 heterocycles. The molecule has 0 aliphatic rings. The van der Waals surface area contributed by atoms with Gasteiger partial charge in [-0.15, -0.1) is 0 Å². The predicted octanol–water partition coefficient (Wildman–Crippen LogP) is 2.40. The molecular weight excluding hydrogens is 273 g/mol. The minimum absolute atomic E-state index is 0.00565. The monoisotopic (exact) mass is 284 g/mol. The van der Waals surface area contributed by atoms with Crippen molar-refractivity contribution >= 4 is 12.2 Å². The van der Waals surface area contributed by atoms with Gasteiger partial charge in [-0.2, -0.15) is 13.9 Å². The van der Waals surface area contributed by atoms with E-state index in [1.54, 1.807) is 13.1 Å². The Kier molecular flexibility index (Phi) is 3.92. The number of imidazole rings is 1. The molecule has 0 bridgehead atoms. The third-order valence-electron chi connectivity index (χ3n) is 2.35. The van der Waals surface area contributed by atoms with E-state index in [-0.39, 0.29) is 17.3 Å². The van der Waals surface area contributed by atoms with Gasteiger partial charge in [0.15, 0.2) is 0 Å². The zero-order chi connectivity index (χ0) is 14.7. The average molecular weight is 284 g/mol. The first-order chi connectivity index (χ1) is 9.45. The van der Waals surface area contributed by atoms with Crippen LogP contribution in [0.4, 0.5) is 19.1 Å². The van der Waals surface area contributed by atoms with Gasteiger partial charge in [0.1, 0.15) is 11.6 Å². The maximum Gasteiger partial charge on any atom is 0.387 e. The number of aromatic nitrogens is 2. The Morgan fingerprint density at radius 1 is 1.45 bits per heavy atom. The van der Waals surface area contributed by atoms with Gasteiger partial charge in [0.2, 0.25) is 5.95 Å². The number of nitrogens with two attached hydrogens (primary N) is 1. The summed E-state index contributed by atoms with van der Waals surface area (Å²) in [6, 6.07) is 3.24. The molecule has 20 heavy (non-hydrogen) atoms. The molecule has 8 heteroatoms. The normalized spacial score (nSPS) is 11.4. The largest absolute Gasteiger partial charge is 0.435 e. The second-order valence-corrected chi connectivity index (χ2v) is 3.89. The lowest BCUT2D eigenvalue weighted by Crippen LogP contribution is -2.03. The van der Waals surface area contributed by atoms with E-state index in [0.717, 1.165) is 24.4 Å². The number of nitrogens with zero attached hydrogens (tertiary/aromatic N) is 3. The minimum atomic E-state index is -2.97. The van der Waals surface area contributed by atoms with Crippen molar-refractivity contribution in [2.45, 2.75) is 13.5 Å². The van der Waals surface area contributed by atoms with Gasteiger partial charge in [-0.05, 0) is 25.1 Å². The Morgan fingerprint density at radius 2 is 2.20 bits per heavy atom. The second-order valence-electron chi connectivity index (χ2n) is 3.89. The van der Waals surface area contributed by atoms with E-state index in [9.17, 15) is 13.2 Å². The molecule has 0 saturated heterocycles. The molecule has 0 radical (unpaired) electrons. The number of alkyl halides is 2. The summed E-state index contributed by atoms with van der Waals surface area (Å²) < 4.78 is 43.1. The molecule has 0 fully saturated rings. The number of ether oxygens (including phenoxy) is 1. The van der Waals surface area contributed by atoms with Crippen LogP contribution < -0.4 is 10.5 Å². The number of rotatable bonds is 4. The molecule has 2 N–H and O–H groups in total. The van der Waals surface area contributed by atoms with Crippen molar-refractivity contribution in [3.8, 4) is 5.75 Å². The lowest BCUT2D eigenvalue weighted by molar-refractivity contribution is -0.0498. The first-order valence-electron chi connectivity index (χ1n) is 5.56. The lowest BCUT2D eigenvalue weighted by atomic mass is 10.2. The van der Waals surface area contributed by atoms with Gasteiger partial charge in [0.05, 0.1) is 18.1 Å². The van der Waals surface area contributed by atoms with Gasteiger partial charge in [-0.1, -0.05) is 0 Å². The van der Waals surface area contributed by atoms with Gasteiger partial charge >= 0.3 is 6.61 Å². The Morgan fingerprint density at radius 3 is 2.80 bits per heavy atom. The summed E-state index contributed by atoms with van der Waals surface area (Å²) in [5.41, 5.74) is 6.20. The van der Waals surface area contributed by atoms with Crippen molar-refractivity contribution in [1.29, 1.82) is 0 Å². The Balaban J connectivity index is 2.26. The number of halogens is 3. The average Bonchev–Trinajstić information content (AvgIpc) is 2.68. The van der Waals surface area contributed by atoms with Crippen molar-refractivity contribution in [1.82, 2.24) is 9.66 Å². The minimum Gasteiger partial charge on any atom is -0.435 e. The van der Waals surface area contributed by atoms with Crippen LogP contribution in [0.2, 0.25) is 0 Å². The molecular formula is C12H11F3N4O. The fourth-order valence-electron chi connectivity index (χ4n) is 1.52. The van der Waals surface area contributed by atoms with E-state index in [0.29, 0.717) is 5.69 Å². The quantitative estimate of drug-likeness (QED) is 0.877. The summed E-state index contributed by atoms with van der Waals surface area (Å²) >= 11 is 0. The first-order valence-corrected chi connectivity index (χ1v) is 5.56. The number of hydrogen-bond donors (Lipinski definition) is 1. The number of nitrogen functional groups attached to an aromatic ring is 1. The smallest absolute Gasteiger partial charge is 0.387 e. The summed E-state index contributed by atoms with van der Waals surface area (Å²) in [4.78, 5) is 3.91. The van der Waals surface area contributed by atoms with E-state index < -0.39 is 12.4 Å². The highest BCUT2D eigenvalue weighted by Crippen LogP contribution is 2.18. The highest BCUT2D eigenvalue weighted by Gasteiger charge is 2.07. The molecule has 0 atom stereocenters. The van der Waals surface area contributed by atoms with Crippen LogP contribution in [0.5, 0.6) is 5.75 Å². The van der Waals surface area contributed by atoms with Crippen LogP contribution in [0.25, 0.3) is 0 Å². The van der Waals surface area contributed by atoms with Crippen LogP contribution >= 0.6 is 0 Å². The van der Waals surface area contributed by atoms with Crippen molar-refractivity contribution in [2.24, 2.45) is 5.10 Å². The van der Waals surface area contributed by atoms with Crippen molar-refractivity contribution < 1.29 is 17.9 Å². The van der Waals surface area contributed by atoms with Crippen LogP contribution in [0.3, 0.4) is 0 Å². The number of aryl methyl sites for hydroxylation is 1. The van der Waals surface area contributed by atoms with E-state index in [4.69, 9.17) is 5.73 Å². The number of anilines is 1. The molecule has 106 valence electrons. The zero-order valence-corrected chi connectivity index (χ0v) is 10.4. The summed E-state index contributed by atoms with van der Waals surface area (Å²) in [5, 5.41) is 3.90. The Labute approximate surface area is 112 Å². The molecule has 1 aromatic carbocycles. The van der Waals surface area contributed by atoms with Crippen molar-refractivity contribution in [3.63, 3.8) is 0 Å². The second kappa shape index (κ2) is 5.64. The molecule has 0 aliphatic carbocycles. The fourth-order valence-corrected chi connectivity index (χ4v) is 1.52. The van der Waals surface area contributed by atoms with Gasteiger partial charge < -0.3 is 10.5 Å². The van der Waals surface area contributed by atoms with Crippen molar-refractivity contribution in [3.05, 3.63) is 41.5 Å². The fraction of sp³-hybridized carbons (Fsp3) is 0.167. The number of benzene rings is 1. The summed E-state index contributed by atoms with van der Waals surface area (Å²) in [6.07, 6.45) is 2.69. The molecule has 0 saturated carbocycles. The van der Waals surface area contributed by atoms with Gasteiger partial charge in [0, 0.05) is 5.56 Å². The predicted molar refractivity (Wildman–Crippen MR) is 67.4 cm³/mol. The third-order valence-corrected chi connectivity index (χ3v) is 2.35. The van der Waals surface area contributed by atoms with Crippen LogP contribution in [0, 0.1) is 12.7 Å². The third kappa shape index (κ3) is 3.28. The molecule has 0 spiro atoms. The maximum atomic E-state index is 13.5. The van der Waals surface area contributed by atoms with Crippen molar-refractivity contribution in [2.75, 3.05) is 5.73 Å². The van der Waals surface area contributed by atoms with E-state index in [1.165, 1.54) is 4.68 Å². The highest BCUT2D eigenvalue weighted by molar-refractivity contribution is 5.80. The lowest BCUT2D eigenvalue weighted by Gasteiger charge is -2.05. The van der Waals surface area contributed by atoms with Gasteiger partial charge in [0.25, 0.3) is 0 Å². The first kappa shape index (κ1) is 13.9. The Bertz CT molecular complexity index is 640. The number of hydrogen-bond acceptors (Lipinski definition) is 4. The maximum absolute atomic E-state index is 13.5. The molecule has 0 aliphatic heterocycles. The van der Waals surface area contributed by atoms with E-state index >= 15 is 0 Å². The van der Waals surface area contributed by atoms with Gasteiger partial charge in [-0.3, -0.25) is 0 Å². The van der Waals surface area contributed by atoms with Crippen LogP contribution in [0.1, 0.15) is 11.3 Å². The zero-order valence-electron chi connectivity index (χ0n) is 10.4. The highest BCUT2D eigenvalue weighted by atomic mass is 19.3. The van der Waals surface area contributed by atoms with Crippen LogP contribution in [0.15, 0.2) is 29.5 Å². The molecule has 2 rings (SSSR count). The summed E-state index contributed by atoms with van der Waals surface area (Å²) in [7, 11) is 0. The molecule has 2 aromatic rings. The molecule has 5 nitrogen and oxygen atoms in total. The molecule has 0 unspecified atom stereocenters. The SMILES string of the molecule is Cc1cn(N=Cc2cc(OC(F)F)ccc2F)c(N)n1. The Hall–Kier alpha value is -2.51. The van der Waals surface area contributed by atoms with E-state index in [1.807, 2.05) is 0 Å². The van der Waals surface area contributed by atoms with E-state index in [2.05, 4.69) is 14.8 Å². The van der Waals surface area contributed by atoms with Crippen LogP contribution in [-0.2, 0) is 0 Å². The van der Waals surface area contributed by atoms with Crippen LogP contribution in [-0.4, -0.2) is 22.5 Å². The standard InChI is InChI=1S/C12H11F3N4O/c1-7-6-19(12(16)18-7)17-5-8-4-9(20-11(14)15)2-3-10(8)13/h2-6,11H,1H3,(H2,16,18). The summed E-state index contributed by atoms with van der Waals surface area (Å²) in [6.45, 7) is -1.25. The summed E-state index contributed by atoms with van der Waals surface area (Å²) in [5.74, 6) is -0.637. The molecule has 1 aromatic heterocycles. The van der Waals surface area contributed by atoms with Gasteiger partial charge in [-0.25, -0.2) is 14.1 Å². The topological polar surface area (TPSA) is 65.4 Å².